The van der Waals surface area contributed by atoms with Crippen molar-refractivity contribution in [1.82, 2.24) is 9.55 Å². The van der Waals surface area contributed by atoms with Crippen molar-refractivity contribution >= 4 is 17.0 Å². The SMILES string of the molecule is CCc1nccn1-c1sc([C@H](C)O)cc1[N+](=O)[O-]. The van der Waals surface area contributed by atoms with E-state index in [1.54, 1.807) is 23.9 Å². The number of aliphatic hydroxyl groups excluding tert-OH is 1. The van der Waals surface area contributed by atoms with Crippen molar-refractivity contribution in [1.29, 1.82) is 0 Å². The molecule has 0 spiro atoms. The van der Waals surface area contributed by atoms with Crippen LogP contribution in [0.4, 0.5) is 5.69 Å². The first-order chi connectivity index (χ1) is 8.54. The fourth-order valence-electron chi connectivity index (χ4n) is 1.68. The predicted molar refractivity (Wildman–Crippen MR) is 68.1 cm³/mol. The Balaban J connectivity index is 2.59. The van der Waals surface area contributed by atoms with E-state index in [2.05, 4.69) is 4.98 Å². The second kappa shape index (κ2) is 4.87. The third kappa shape index (κ3) is 2.14. The van der Waals surface area contributed by atoms with Crippen LogP contribution in [0.15, 0.2) is 18.5 Å². The molecule has 2 heterocycles. The van der Waals surface area contributed by atoms with Crippen molar-refractivity contribution in [2.45, 2.75) is 26.4 Å². The van der Waals surface area contributed by atoms with Gasteiger partial charge in [-0.1, -0.05) is 6.92 Å². The van der Waals surface area contributed by atoms with Crippen LogP contribution in [0.2, 0.25) is 0 Å². The van der Waals surface area contributed by atoms with Crippen LogP contribution in [0.25, 0.3) is 5.00 Å². The molecule has 0 bridgehead atoms. The summed E-state index contributed by atoms with van der Waals surface area (Å²) in [6.07, 6.45) is 3.29. The van der Waals surface area contributed by atoms with Crippen LogP contribution in [0.3, 0.4) is 0 Å². The van der Waals surface area contributed by atoms with Gasteiger partial charge in [0.05, 0.1) is 11.0 Å². The van der Waals surface area contributed by atoms with Gasteiger partial charge in [0.2, 0.25) is 0 Å². The molecule has 0 saturated heterocycles. The number of thiophene rings is 1. The highest BCUT2D eigenvalue weighted by atomic mass is 32.1. The van der Waals surface area contributed by atoms with Crippen molar-refractivity contribution in [3.05, 3.63) is 39.3 Å². The van der Waals surface area contributed by atoms with Gasteiger partial charge in [-0.05, 0) is 6.92 Å². The summed E-state index contributed by atoms with van der Waals surface area (Å²) in [6.45, 7) is 3.53. The van der Waals surface area contributed by atoms with E-state index in [0.717, 1.165) is 5.82 Å². The standard InChI is InChI=1S/C11H13N3O3S/c1-3-10-12-4-5-13(10)11-8(14(16)17)6-9(18-11)7(2)15/h4-7,15H,3H2,1-2H3/t7-/m0/s1. The Labute approximate surface area is 108 Å². The monoisotopic (exact) mass is 267 g/mol. The Kier molecular flexibility index (Phi) is 3.44. The zero-order valence-electron chi connectivity index (χ0n) is 10.0. The molecule has 2 aromatic heterocycles. The lowest BCUT2D eigenvalue weighted by molar-refractivity contribution is -0.384. The zero-order chi connectivity index (χ0) is 13.3. The van der Waals surface area contributed by atoms with E-state index in [1.165, 1.54) is 17.4 Å². The molecule has 0 fully saturated rings. The average molecular weight is 267 g/mol. The smallest absolute Gasteiger partial charge is 0.304 e. The third-order valence-corrected chi connectivity index (χ3v) is 3.87. The topological polar surface area (TPSA) is 81.2 Å². The first kappa shape index (κ1) is 12.7. The molecule has 2 aromatic rings. The number of imidazole rings is 1. The molecule has 6 nitrogen and oxygen atoms in total. The first-order valence-corrected chi connectivity index (χ1v) is 6.35. The number of hydrogen-bond donors (Lipinski definition) is 1. The summed E-state index contributed by atoms with van der Waals surface area (Å²) in [5, 5.41) is 21.1. The molecule has 1 N–H and O–H groups in total. The van der Waals surface area contributed by atoms with Crippen LogP contribution >= 0.6 is 11.3 Å². The second-order valence-corrected chi connectivity index (χ2v) is 4.90. The summed E-state index contributed by atoms with van der Waals surface area (Å²) in [5.74, 6) is 0.761. The van der Waals surface area contributed by atoms with Crippen molar-refractivity contribution in [2.24, 2.45) is 0 Å². The summed E-state index contributed by atoms with van der Waals surface area (Å²) in [4.78, 5) is 15.3. The molecule has 0 amide bonds. The van der Waals surface area contributed by atoms with Gasteiger partial charge >= 0.3 is 5.69 Å². The molecular weight excluding hydrogens is 254 g/mol. The number of nitrogens with zero attached hydrogens (tertiary/aromatic N) is 3. The number of rotatable bonds is 4. The van der Waals surface area contributed by atoms with E-state index in [0.29, 0.717) is 16.3 Å². The van der Waals surface area contributed by atoms with Crippen LogP contribution in [-0.2, 0) is 6.42 Å². The highest BCUT2D eigenvalue weighted by molar-refractivity contribution is 7.15. The fraction of sp³-hybridized carbons (Fsp3) is 0.364. The van der Waals surface area contributed by atoms with E-state index in [-0.39, 0.29) is 5.69 Å². The van der Waals surface area contributed by atoms with E-state index in [9.17, 15) is 15.2 Å². The summed E-state index contributed by atoms with van der Waals surface area (Å²) in [7, 11) is 0. The molecular formula is C11H13N3O3S. The van der Waals surface area contributed by atoms with Gasteiger partial charge in [-0.25, -0.2) is 4.98 Å². The molecule has 96 valence electrons. The zero-order valence-corrected chi connectivity index (χ0v) is 10.8. The van der Waals surface area contributed by atoms with Gasteiger partial charge in [0.1, 0.15) is 5.82 Å². The summed E-state index contributed by atoms with van der Waals surface area (Å²) in [5.41, 5.74) is 0.00333. The Morgan fingerprint density at radius 3 is 2.94 bits per heavy atom. The van der Waals surface area contributed by atoms with Gasteiger partial charge in [0.25, 0.3) is 0 Å². The Hall–Kier alpha value is -1.73. The fourth-order valence-corrected chi connectivity index (χ4v) is 2.75. The van der Waals surface area contributed by atoms with Gasteiger partial charge in [-0.15, -0.1) is 11.3 Å². The van der Waals surface area contributed by atoms with Gasteiger partial charge in [0.15, 0.2) is 5.00 Å². The molecule has 2 rings (SSSR count). The molecule has 0 aliphatic carbocycles. The van der Waals surface area contributed by atoms with Crippen LogP contribution < -0.4 is 0 Å². The minimum atomic E-state index is -0.712. The number of aryl methyl sites for hydroxylation is 1. The lowest BCUT2D eigenvalue weighted by Gasteiger charge is -2.02. The number of nitro groups is 1. The highest BCUT2D eigenvalue weighted by Crippen LogP contribution is 2.36. The van der Waals surface area contributed by atoms with Gasteiger partial charge < -0.3 is 5.11 Å². The van der Waals surface area contributed by atoms with Gasteiger partial charge in [-0.3, -0.25) is 14.7 Å². The van der Waals surface area contributed by atoms with E-state index >= 15 is 0 Å². The van der Waals surface area contributed by atoms with Crippen LogP contribution in [-0.4, -0.2) is 19.6 Å². The maximum absolute atomic E-state index is 11.0. The second-order valence-electron chi connectivity index (χ2n) is 3.84. The molecule has 0 aliphatic rings. The maximum Gasteiger partial charge on any atom is 0.304 e. The average Bonchev–Trinajstić information content (AvgIpc) is 2.94. The van der Waals surface area contributed by atoms with Crippen molar-refractivity contribution in [3.8, 4) is 5.00 Å². The molecule has 18 heavy (non-hydrogen) atoms. The largest absolute Gasteiger partial charge is 0.388 e. The highest BCUT2D eigenvalue weighted by Gasteiger charge is 2.23. The maximum atomic E-state index is 11.0. The lowest BCUT2D eigenvalue weighted by Crippen LogP contribution is -1.99. The number of aromatic nitrogens is 2. The predicted octanol–water partition coefficient (Wildman–Crippen LogP) is 2.46. The summed E-state index contributed by atoms with van der Waals surface area (Å²) < 4.78 is 1.70. The number of aliphatic hydroxyl groups is 1. The molecule has 0 aromatic carbocycles. The molecule has 0 saturated carbocycles. The van der Waals surface area contributed by atoms with Crippen molar-refractivity contribution < 1.29 is 10.0 Å². The number of hydrogen-bond acceptors (Lipinski definition) is 5. The molecule has 0 radical (unpaired) electrons. The van der Waals surface area contributed by atoms with E-state index in [1.807, 2.05) is 6.92 Å². The van der Waals surface area contributed by atoms with Crippen LogP contribution in [0, 0.1) is 10.1 Å². The minimum absolute atomic E-state index is 0.00333. The van der Waals surface area contributed by atoms with Crippen molar-refractivity contribution in [3.63, 3.8) is 0 Å². The summed E-state index contributed by atoms with van der Waals surface area (Å²) in [6, 6.07) is 1.42. The molecule has 0 aliphatic heterocycles. The van der Waals surface area contributed by atoms with Gasteiger partial charge in [-0.2, -0.15) is 0 Å². The lowest BCUT2D eigenvalue weighted by atomic mass is 10.3. The van der Waals surface area contributed by atoms with Crippen LogP contribution in [0.1, 0.15) is 30.7 Å². The normalized spacial score (nSPS) is 12.6. The Morgan fingerprint density at radius 2 is 2.39 bits per heavy atom. The molecule has 1 atom stereocenters. The van der Waals surface area contributed by atoms with Crippen molar-refractivity contribution in [2.75, 3.05) is 0 Å². The quantitative estimate of drug-likeness (QED) is 0.681. The minimum Gasteiger partial charge on any atom is -0.388 e. The van der Waals surface area contributed by atoms with E-state index in [4.69, 9.17) is 0 Å². The summed E-state index contributed by atoms with van der Waals surface area (Å²) >= 11 is 1.21. The van der Waals surface area contributed by atoms with Gasteiger partial charge in [0, 0.05) is 29.8 Å². The molecule has 7 heteroatoms. The Morgan fingerprint density at radius 1 is 1.67 bits per heavy atom. The first-order valence-electron chi connectivity index (χ1n) is 5.53. The van der Waals surface area contributed by atoms with Crippen LogP contribution in [0.5, 0.6) is 0 Å². The van der Waals surface area contributed by atoms with E-state index < -0.39 is 11.0 Å². The molecule has 0 unspecified atom stereocenters. The Bertz CT molecular complexity index is 574. The third-order valence-electron chi connectivity index (χ3n) is 2.57.